The van der Waals surface area contributed by atoms with E-state index in [1.807, 2.05) is 13.0 Å². The Morgan fingerprint density at radius 2 is 2.08 bits per heavy atom. The standard InChI is InChI=1S/C18H23F3N4S/c1-4-22-17(23-9-13(3)14-7-5-6-12(2)8-14)24-10-16-25-15(11-26-16)18(19,20)21/h5-8,11,13H,4,9-10H2,1-3H3,(H2,22,23,24). The number of halogens is 3. The summed E-state index contributed by atoms with van der Waals surface area (Å²) in [6.07, 6.45) is -4.41. The van der Waals surface area contributed by atoms with Crippen LogP contribution in [-0.4, -0.2) is 24.0 Å². The van der Waals surface area contributed by atoms with Crippen molar-refractivity contribution in [3.8, 4) is 0 Å². The Kier molecular flexibility index (Phi) is 7.02. The van der Waals surface area contributed by atoms with Crippen LogP contribution in [0.1, 0.15) is 41.6 Å². The Hall–Kier alpha value is -2.09. The smallest absolute Gasteiger partial charge is 0.357 e. The number of benzene rings is 1. The van der Waals surface area contributed by atoms with E-state index in [9.17, 15) is 13.2 Å². The van der Waals surface area contributed by atoms with Crippen molar-refractivity contribution in [1.82, 2.24) is 15.6 Å². The minimum absolute atomic E-state index is 0.106. The molecule has 0 aliphatic carbocycles. The van der Waals surface area contributed by atoms with E-state index in [1.165, 1.54) is 11.1 Å². The third-order valence-electron chi connectivity index (χ3n) is 3.75. The Bertz CT molecular complexity index is 740. The molecule has 2 aromatic rings. The highest BCUT2D eigenvalue weighted by atomic mass is 32.1. The van der Waals surface area contributed by atoms with Crippen LogP contribution >= 0.6 is 11.3 Å². The number of hydrogen-bond donors (Lipinski definition) is 2. The SMILES string of the molecule is CCNC(=NCc1nc(C(F)(F)F)cs1)NCC(C)c1cccc(C)c1. The molecule has 4 nitrogen and oxygen atoms in total. The van der Waals surface area contributed by atoms with E-state index in [1.54, 1.807) is 0 Å². The number of aromatic nitrogens is 1. The minimum atomic E-state index is -4.41. The highest BCUT2D eigenvalue weighted by molar-refractivity contribution is 7.09. The molecule has 1 unspecified atom stereocenters. The van der Waals surface area contributed by atoms with E-state index in [0.717, 1.165) is 16.7 Å². The molecule has 1 atom stereocenters. The van der Waals surface area contributed by atoms with Crippen molar-refractivity contribution in [2.24, 2.45) is 4.99 Å². The van der Waals surface area contributed by atoms with Crippen LogP contribution in [0.15, 0.2) is 34.6 Å². The summed E-state index contributed by atoms with van der Waals surface area (Å²) in [5, 5.41) is 7.69. The predicted octanol–water partition coefficient (Wildman–Crippen LogP) is 4.33. The van der Waals surface area contributed by atoms with E-state index in [4.69, 9.17) is 0 Å². The van der Waals surface area contributed by atoms with E-state index in [2.05, 4.69) is 52.7 Å². The number of guanidine groups is 1. The molecule has 0 bridgehead atoms. The molecule has 0 radical (unpaired) electrons. The van der Waals surface area contributed by atoms with Gasteiger partial charge in [0.25, 0.3) is 0 Å². The molecular weight excluding hydrogens is 361 g/mol. The van der Waals surface area contributed by atoms with Crippen molar-refractivity contribution < 1.29 is 13.2 Å². The first kappa shape index (κ1) is 20.2. The van der Waals surface area contributed by atoms with Gasteiger partial charge in [0.1, 0.15) is 5.01 Å². The summed E-state index contributed by atoms with van der Waals surface area (Å²) in [6, 6.07) is 8.31. The number of aliphatic imine (C=N–C) groups is 1. The third-order valence-corrected chi connectivity index (χ3v) is 4.58. The number of aryl methyl sites for hydroxylation is 1. The van der Waals surface area contributed by atoms with Gasteiger partial charge in [0.05, 0.1) is 6.54 Å². The highest BCUT2D eigenvalue weighted by Crippen LogP contribution is 2.30. The maximum absolute atomic E-state index is 12.6. The predicted molar refractivity (Wildman–Crippen MR) is 99.5 cm³/mol. The second kappa shape index (κ2) is 9.02. The molecule has 142 valence electrons. The summed E-state index contributed by atoms with van der Waals surface area (Å²) in [6.45, 7) is 7.54. The van der Waals surface area contributed by atoms with Crippen LogP contribution in [0.25, 0.3) is 0 Å². The van der Waals surface area contributed by atoms with Crippen LogP contribution in [0.3, 0.4) is 0 Å². The summed E-state index contributed by atoms with van der Waals surface area (Å²) in [5.74, 6) is 0.839. The molecule has 1 aromatic heterocycles. The number of thiazole rings is 1. The summed E-state index contributed by atoms with van der Waals surface area (Å²) >= 11 is 0.966. The van der Waals surface area contributed by atoms with Crippen molar-refractivity contribution in [3.05, 3.63) is 51.5 Å². The third kappa shape index (κ3) is 6.01. The van der Waals surface area contributed by atoms with E-state index in [-0.39, 0.29) is 12.5 Å². The average molecular weight is 384 g/mol. The van der Waals surface area contributed by atoms with Crippen molar-refractivity contribution >= 4 is 17.3 Å². The number of hydrogen-bond acceptors (Lipinski definition) is 3. The second-order valence-electron chi connectivity index (χ2n) is 6.02. The average Bonchev–Trinajstić information content (AvgIpc) is 3.06. The summed E-state index contributed by atoms with van der Waals surface area (Å²) in [4.78, 5) is 7.93. The van der Waals surface area contributed by atoms with Gasteiger partial charge in [-0.15, -0.1) is 11.3 Å². The molecule has 8 heteroatoms. The fourth-order valence-electron chi connectivity index (χ4n) is 2.35. The highest BCUT2D eigenvalue weighted by Gasteiger charge is 2.33. The van der Waals surface area contributed by atoms with Crippen LogP contribution in [0.4, 0.5) is 13.2 Å². The Balaban J connectivity index is 1.97. The van der Waals surface area contributed by atoms with Crippen molar-refractivity contribution in [2.75, 3.05) is 13.1 Å². The zero-order valence-electron chi connectivity index (χ0n) is 15.0. The molecule has 2 rings (SSSR count). The summed E-state index contributed by atoms with van der Waals surface area (Å²) in [7, 11) is 0. The molecule has 0 saturated carbocycles. The van der Waals surface area contributed by atoms with Gasteiger partial charge >= 0.3 is 6.18 Å². The van der Waals surface area contributed by atoms with Crippen LogP contribution in [-0.2, 0) is 12.7 Å². The first-order valence-corrected chi connectivity index (χ1v) is 9.28. The molecule has 1 aromatic carbocycles. The second-order valence-corrected chi connectivity index (χ2v) is 6.96. The van der Waals surface area contributed by atoms with E-state index in [0.29, 0.717) is 24.1 Å². The molecule has 0 aliphatic rings. The Labute approximate surface area is 155 Å². The molecule has 0 amide bonds. The maximum Gasteiger partial charge on any atom is 0.434 e. The van der Waals surface area contributed by atoms with Gasteiger partial charge in [0.2, 0.25) is 0 Å². The lowest BCUT2D eigenvalue weighted by molar-refractivity contribution is -0.140. The molecule has 0 spiro atoms. The number of nitrogens with zero attached hydrogens (tertiary/aromatic N) is 2. The largest absolute Gasteiger partial charge is 0.434 e. The normalized spacial score (nSPS) is 13.5. The van der Waals surface area contributed by atoms with Gasteiger partial charge in [-0.2, -0.15) is 13.2 Å². The van der Waals surface area contributed by atoms with Crippen LogP contribution < -0.4 is 10.6 Å². The van der Waals surface area contributed by atoms with Crippen molar-refractivity contribution in [3.63, 3.8) is 0 Å². The van der Waals surface area contributed by atoms with Crippen molar-refractivity contribution in [1.29, 1.82) is 0 Å². The lowest BCUT2D eigenvalue weighted by Crippen LogP contribution is -2.39. The van der Waals surface area contributed by atoms with E-state index >= 15 is 0 Å². The number of alkyl halides is 3. The lowest BCUT2D eigenvalue weighted by Gasteiger charge is -2.16. The van der Waals surface area contributed by atoms with Gasteiger partial charge in [-0.3, -0.25) is 0 Å². The first-order chi connectivity index (χ1) is 12.3. The zero-order valence-corrected chi connectivity index (χ0v) is 15.8. The van der Waals surface area contributed by atoms with Gasteiger partial charge in [0.15, 0.2) is 11.7 Å². The molecule has 0 aliphatic heterocycles. The Morgan fingerprint density at radius 1 is 1.31 bits per heavy atom. The summed E-state index contributed by atoms with van der Waals surface area (Å²) < 4.78 is 37.8. The van der Waals surface area contributed by atoms with Gasteiger partial charge < -0.3 is 10.6 Å². The summed E-state index contributed by atoms with van der Waals surface area (Å²) in [5.41, 5.74) is 1.57. The van der Waals surface area contributed by atoms with E-state index < -0.39 is 11.9 Å². The van der Waals surface area contributed by atoms with Crippen molar-refractivity contribution in [2.45, 2.75) is 39.4 Å². The first-order valence-electron chi connectivity index (χ1n) is 8.40. The Morgan fingerprint density at radius 3 is 2.69 bits per heavy atom. The van der Waals surface area contributed by atoms with Gasteiger partial charge in [-0.05, 0) is 25.3 Å². The van der Waals surface area contributed by atoms with Gasteiger partial charge in [-0.1, -0.05) is 36.8 Å². The monoisotopic (exact) mass is 384 g/mol. The maximum atomic E-state index is 12.6. The van der Waals surface area contributed by atoms with Crippen LogP contribution in [0, 0.1) is 6.92 Å². The fourth-order valence-corrected chi connectivity index (χ4v) is 3.07. The van der Waals surface area contributed by atoms with Crippen LogP contribution in [0.2, 0.25) is 0 Å². The molecule has 26 heavy (non-hydrogen) atoms. The molecule has 0 saturated heterocycles. The van der Waals surface area contributed by atoms with Gasteiger partial charge in [0, 0.05) is 18.5 Å². The molecule has 1 heterocycles. The molecule has 2 N–H and O–H groups in total. The van der Waals surface area contributed by atoms with Crippen LogP contribution in [0.5, 0.6) is 0 Å². The quantitative estimate of drug-likeness (QED) is 0.576. The fraction of sp³-hybridized carbons (Fsp3) is 0.444. The topological polar surface area (TPSA) is 49.3 Å². The number of rotatable bonds is 6. The number of nitrogens with one attached hydrogen (secondary N) is 2. The lowest BCUT2D eigenvalue weighted by atomic mass is 9.99. The molecular formula is C18H23F3N4S. The zero-order chi connectivity index (χ0) is 19.2. The minimum Gasteiger partial charge on any atom is -0.357 e. The molecule has 0 fully saturated rings. The van der Waals surface area contributed by atoms with Gasteiger partial charge in [-0.25, -0.2) is 9.98 Å².